The van der Waals surface area contributed by atoms with Crippen LogP contribution in [-0.2, 0) is 11.8 Å². The fourth-order valence-corrected chi connectivity index (χ4v) is 2.03. The molecule has 0 N–H and O–H groups in total. The van der Waals surface area contributed by atoms with Crippen LogP contribution in [-0.4, -0.2) is 35.0 Å². The van der Waals surface area contributed by atoms with Gasteiger partial charge in [0.2, 0.25) is 5.78 Å². The largest absolute Gasteiger partial charge is 0.496 e. The first-order valence-corrected chi connectivity index (χ1v) is 6.68. The summed E-state index contributed by atoms with van der Waals surface area (Å²) >= 11 is 0. The number of hydrogen-bond acceptors (Lipinski definition) is 6. The van der Waals surface area contributed by atoms with E-state index in [9.17, 15) is 24.1 Å². The van der Waals surface area contributed by atoms with Crippen molar-refractivity contribution in [1.29, 1.82) is 0 Å². The normalized spacial score (nSPS) is 10.3. The van der Waals surface area contributed by atoms with Gasteiger partial charge in [-0.3, -0.25) is 14.9 Å². The summed E-state index contributed by atoms with van der Waals surface area (Å²) in [5.74, 6) is -2.06. The molecule has 126 valence electrons. The molecule has 0 aliphatic carbocycles. The van der Waals surface area contributed by atoms with Crippen LogP contribution < -0.4 is 4.74 Å². The lowest BCUT2D eigenvalue weighted by atomic mass is 10.1. The van der Waals surface area contributed by atoms with Gasteiger partial charge in [0, 0.05) is 13.1 Å². The number of hydrogen-bond donors (Lipinski definition) is 0. The van der Waals surface area contributed by atoms with E-state index in [4.69, 9.17) is 9.47 Å². The number of esters is 1. The zero-order chi connectivity index (χ0) is 17.9. The molecule has 2 rings (SSSR count). The quantitative estimate of drug-likeness (QED) is 0.347. The van der Waals surface area contributed by atoms with Crippen molar-refractivity contribution in [3.05, 3.63) is 57.7 Å². The second kappa shape index (κ2) is 6.90. The molecule has 0 spiro atoms. The first-order chi connectivity index (χ1) is 11.3. The second-order valence-electron chi connectivity index (χ2n) is 4.80. The molecule has 8 nitrogen and oxygen atoms in total. The highest BCUT2D eigenvalue weighted by atomic mass is 19.1. The number of Topliss-reactive ketones (excluding diaryl/α,β-unsaturated/α-hetero) is 1. The van der Waals surface area contributed by atoms with Crippen molar-refractivity contribution in [3.63, 3.8) is 0 Å². The SMILES string of the molecule is COc1ccc(F)cc1C(=O)COC(=O)c1cc([N+](=O)[O-])cn1C. The average Bonchev–Trinajstić information content (AvgIpc) is 2.94. The van der Waals surface area contributed by atoms with Crippen LogP contribution >= 0.6 is 0 Å². The number of ketones is 1. The number of benzene rings is 1. The average molecular weight is 336 g/mol. The predicted molar refractivity (Wildman–Crippen MR) is 79.6 cm³/mol. The summed E-state index contributed by atoms with van der Waals surface area (Å²) in [6.45, 7) is -0.655. The zero-order valence-electron chi connectivity index (χ0n) is 12.8. The number of carbonyl (C=O) groups excluding carboxylic acids is 2. The molecule has 1 heterocycles. The molecular formula is C15H13FN2O6. The highest BCUT2D eigenvalue weighted by Crippen LogP contribution is 2.20. The Bertz CT molecular complexity index is 814. The zero-order valence-corrected chi connectivity index (χ0v) is 12.8. The molecule has 0 aliphatic heterocycles. The minimum Gasteiger partial charge on any atom is -0.496 e. The Hall–Kier alpha value is -3.23. The standard InChI is InChI=1S/C15H13FN2O6/c1-17-7-10(18(21)22)6-12(17)15(20)24-8-13(19)11-5-9(16)3-4-14(11)23-2/h3-7H,8H2,1-2H3. The van der Waals surface area contributed by atoms with Gasteiger partial charge in [-0.1, -0.05) is 0 Å². The molecule has 0 radical (unpaired) electrons. The van der Waals surface area contributed by atoms with Gasteiger partial charge in [0.15, 0.2) is 6.61 Å². The number of aromatic nitrogens is 1. The van der Waals surface area contributed by atoms with Crippen molar-refractivity contribution >= 4 is 17.4 Å². The third-order valence-corrected chi connectivity index (χ3v) is 3.21. The molecule has 0 unspecified atom stereocenters. The first kappa shape index (κ1) is 17.1. The van der Waals surface area contributed by atoms with E-state index < -0.39 is 29.1 Å². The fraction of sp³-hybridized carbons (Fsp3) is 0.200. The van der Waals surface area contributed by atoms with Crippen LogP contribution in [0.4, 0.5) is 10.1 Å². The van der Waals surface area contributed by atoms with Gasteiger partial charge in [-0.2, -0.15) is 0 Å². The van der Waals surface area contributed by atoms with Crippen LogP contribution in [0.25, 0.3) is 0 Å². The minimum absolute atomic E-state index is 0.0665. The van der Waals surface area contributed by atoms with Gasteiger partial charge < -0.3 is 14.0 Å². The number of aryl methyl sites for hydroxylation is 1. The highest BCUT2D eigenvalue weighted by molar-refractivity contribution is 6.01. The Morgan fingerprint density at radius 1 is 1.33 bits per heavy atom. The van der Waals surface area contributed by atoms with Gasteiger partial charge in [0.25, 0.3) is 5.69 Å². The monoisotopic (exact) mass is 336 g/mol. The van der Waals surface area contributed by atoms with Gasteiger partial charge >= 0.3 is 5.97 Å². The Labute approximate surface area is 135 Å². The highest BCUT2D eigenvalue weighted by Gasteiger charge is 2.21. The maximum Gasteiger partial charge on any atom is 0.355 e. The number of nitro groups is 1. The van der Waals surface area contributed by atoms with Crippen LogP contribution in [0, 0.1) is 15.9 Å². The second-order valence-corrected chi connectivity index (χ2v) is 4.80. The van der Waals surface area contributed by atoms with Crippen molar-refractivity contribution in [1.82, 2.24) is 4.57 Å². The van der Waals surface area contributed by atoms with E-state index in [2.05, 4.69) is 0 Å². The van der Waals surface area contributed by atoms with Crippen LogP contribution in [0.2, 0.25) is 0 Å². The molecular weight excluding hydrogens is 323 g/mol. The van der Waals surface area contributed by atoms with Crippen LogP contribution in [0.1, 0.15) is 20.8 Å². The Morgan fingerprint density at radius 3 is 2.62 bits per heavy atom. The van der Waals surface area contributed by atoms with Gasteiger partial charge in [-0.05, 0) is 18.2 Å². The van der Waals surface area contributed by atoms with Crippen LogP contribution in [0.5, 0.6) is 5.75 Å². The third kappa shape index (κ3) is 3.57. The van der Waals surface area contributed by atoms with Crippen LogP contribution in [0.3, 0.4) is 0 Å². The topological polar surface area (TPSA) is 101 Å². The van der Waals surface area contributed by atoms with Crippen molar-refractivity contribution in [2.75, 3.05) is 13.7 Å². The number of ether oxygens (including phenoxy) is 2. The molecule has 0 saturated heterocycles. The summed E-state index contributed by atoms with van der Waals surface area (Å²) in [4.78, 5) is 34.0. The summed E-state index contributed by atoms with van der Waals surface area (Å²) in [7, 11) is 2.75. The van der Waals surface area contributed by atoms with E-state index in [0.29, 0.717) is 0 Å². The van der Waals surface area contributed by atoms with Crippen LogP contribution in [0.15, 0.2) is 30.5 Å². The minimum atomic E-state index is -0.908. The number of carbonyl (C=O) groups is 2. The van der Waals surface area contributed by atoms with E-state index in [1.165, 1.54) is 24.8 Å². The van der Waals surface area contributed by atoms with Gasteiger partial charge in [-0.15, -0.1) is 0 Å². The molecule has 0 atom stereocenters. The first-order valence-electron chi connectivity index (χ1n) is 6.68. The molecule has 24 heavy (non-hydrogen) atoms. The Balaban J connectivity index is 2.10. The molecule has 0 amide bonds. The maximum absolute atomic E-state index is 13.3. The molecule has 1 aromatic carbocycles. The summed E-state index contributed by atoms with van der Waals surface area (Å²) in [6.07, 6.45) is 1.15. The lowest BCUT2D eigenvalue weighted by Gasteiger charge is -2.08. The number of halogens is 1. The number of nitrogens with zero attached hydrogens (tertiary/aromatic N) is 2. The summed E-state index contributed by atoms with van der Waals surface area (Å²) in [5.41, 5.74) is -0.425. The molecule has 0 saturated carbocycles. The molecule has 0 bridgehead atoms. The number of methoxy groups -OCH3 is 1. The molecule has 0 aliphatic rings. The molecule has 0 fully saturated rings. The summed E-state index contributed by atoms with van der Waals surface area (Å²) in [6, 6.07) is 4.42. The van der Waals surface area contributed by atoms with E-state index in [-0.39, 0.29) is 22.7 Å². The predicted octanol–water partition coefficient (Wildman–Crippen LogP) is 2.12. The van der Waals surface area contributed by atoms with Crippen molar-refractivity contribution < 1.29 is 28.4 Å². The number of rotatable bonds is 6. The Morgan fingerprint density at radius 2 is 2.04 bits per heavy atom. The molecule has 9 heteroatoms. The third-order valence-electron chi connectivity index (χ3n) is 3.21. The van der Waals surface area contributed by atoms with Crippen molar-refractivity contribution in [2.45, 2.75) is 0 Å². The summed E-state index contributed by atoms with van der Waals surface area (Å²) in [5, 5.41) is 10.7. The van der Waals surface area contributed by atoms with Crippen molar-refractivity contribution in [2.24, 2.45) is 7.05 Å². The lowest BCUT2D eigenvalue weighted by molar-refractivity contribution is -0.384. The van der Waals surface area contributed by atoms with Gasteiger partial charge in [-0.25, -0.2) is 9.18 Å². The van der Waals surface area contributed by atoms with E-state index in [1.54, 1.807) is 0 Å². The molecule has 1 aromatic heterocycles. The fourth-order valence-electron chi connectivity index (χ4n) is 2.03. The smallest absolute Gasteiger partial charge is 0.355 e. The van der Waals surface area contributed by atoms with E-state index in [1.807, 2.05) is 0 Å². The van der Waals surface area contributed by atoms with Gasteiger partial charge in [0.1, 0.15) is 17.3 Å². The lowest BCUT2D eigenvalue weighted by Crippen LogP contribution is -2.17. The van der Waals surface area contributed by atoms with E-state index in [0.717, 1.165) is 24.4 Å². The molecule has 2 aromatic rings. The van der Waals surface area contributed by atoms with Crippen molar-refractivity contribution in [3.8, 4) is 5.75 Å². The summed E-state index contributed by atoms with van der Waals surface area (Å²) < 4.78 is 24.3. The van der Waals surface area contributed by atoms with Gasteiger partial charge in [0.05, 0.1) is 23.8 Å². The maximum atomic E-state index is 13.3. The van der Waals surface area contributed by atoms with E-state index >= 15 is 0 Å². The Kier molecular flexibility index (Phi) is 4.93.